The number of nitrogens with two attached hydrogens (primary N) is 1. The molecule has 0 aliphatic carbocycles. The Morgan fingerprint density at radius 2 is 1.81 bits per heavy atom. The summed E-state index contributed by atoms with van der Waals surface area (Å²) in [4.78, 5) is 11.0. The number of hydrogen-bond acceptors (Lipinski definition) is 4. The summed E-state index contributed by atoms with van der Waals surface area (Å²) in [5.74, 6) is 0.575. The molecule has 0 atom stereocenters. The zero-order valence-corrected chi connectivity index (χ0v) is 19.0. The van der Waals surface area contributed by atoms with Gasteiger partial charge >= 0.3 is 0 Å². The molecule has 26 heavy (non-hydrogen) atoms. The Morgan fingerprint density at radius 1 is 1.19 bits per heavy atom. The van der Waals surface area contributed by atoms with Gasteiger partial charge in [0.2, 0.25) is 0 Å². The summed E-state index contributed by atoms with van der Waals surface area (Å²) in [7, 11) is 0. The molecule has 0 saturated heterocycles. The highest BCUT2D eigenvalue weighted by atomic mass is 79.9. The Morgan fingerprint density at radius 3 is 2.31 bits per heavy atom. The van der Waals surface area contributed by atoms with E-state index < -0.39 is 5.91 Å². The SMILES string of the molecule is CCOc1cc(CNC(C)(C)CC(C)(C)C)cc(Br)c1OCC(N)=O.Cl. The van der Waals surface area contributed by atoms with E-state index in [1.807, 2.05) is 19.1 Å². The topological polar surface area (TPSA) is 73.6 Å². The first-order valence-electron chi connectivity index (χ1n) is 8.55. The van der Waals surface area contributed by atoms with Crippen LogP contribution in [0.1, 0.15) is 53.5 Å². The molecular weight excluding hydrogens is 420 g/mol. The van der Waals surface area contributed by atoms with Crippen LogP contribution in [0.4, 0.5) is 0 Å². The lowest BCUT2D eigenvalue weighted by molar-refractivity contribution is -0.119. The van der Waals surface area contributed by atoms with Crippen LogP contribution in [0.5, 0.6) is 11.5 Å². The number of halogens is 2. The number of amides is 1. The second-order valence-electron chi connectivity index (χ2n) is 8.07. The lowest BCUT2D eigenvalue weighted by atomic mass is 9.82. The van der Waals surface area contributed by atoms with Crippen molar-refractivity contribution in [1.29, 1.82) is 0 Å². The van der Waals surface area contributed by atoms with Crippen LogP contribution >= 0.6 is 28.3 Å². The zero-order valence-electron chi connectivity index (χ0n) is 16.6. The van der Waals surface area contributed by atoms with Gasteiger partial charge < -0.3 is 20.5 Å². The van der Waals surface area contributed by atoms with Crippen LogP contribution in [-0.2, 0) is 11.3 Å². The fraction of sp³-hybridized carbons (Fsp3) is 0.632. The van der Waals surface area contributed by atoms with E-state index in [0.717, 1.165) is 16.5 Å². The van der Waals surface area contributed by atoms with E-state index in [2.05, 4.69) is 55.9 Å². The molecule has 1 aromatic rings. The van der Waals surface area contributed by atoms with Gasteiger partial charge in [0.15, 0.2) is 18.1 Å². The summed E-state index contributed by atoms with van der Waals surface area (Å²) in [5, 5.41) is 3.61. The summed E-state index contributed by atoms with van der Waals surface area (Å²) in [6.45, 7) is 14.1. The monoisotopic (exact) mass is 450 g/mol. The third-order valence-corrected chi connectivity index (χ3v) is 4.06. The molecule has 0 fully saturated rings. The van der Waals surface area contributed by atoms with Crippen molar-refractivity contribution in [3.63, 3.8) is 0 Å². The molecule has 0 aliphatic rings. The molecule has 0 bridgehead atoms. The van der Waals surface area contributed by atoms with Crippen molar-refractivity contribution in [2.24, 2.45) is 11.1 Å². The van der Waals surface area contributed by atoms with Crippen LogP contribution in [0.3, 0.4) is 0 Å². The normalized spacial score (nSPS) is 11.7. The van der Waals surface area contributed by atoms with Crippen molar-refractivity contribution >= 4 is 34.2 Å². The molecule has 5 nitrogen and oxygen atoms in total. The van der Waals surface area contributed by atoms with E-state index in [-0.39, 0.29) is 30.0 Å². The molecule has 7 heteroatoms. The smallest absolute Gasteiger partial charge is 0.255 e. The van der Waals surface area contributed by atoms with Crippen molar-refractivity contribution in [1.82, 2.24) is 5.32 Å². The van der Waals surface area contributed by atoms with Crippen LogP contribution in [0.15, 0.2) is 16.6 Å². The van der Waals surface area contributed by atoms with Gasteiger partial charge in [0.1, 0.15) is 0 Å². The minimum atomic E-state index is -0.524. The fourth-order valence-corrected chi connectivity index (χ4v) is 3.60. The average Bonchev–Trinajstić information content (AvgIpc) is 2.42. The standard InChI is InChI=1S/C19H31BrN2O3.ClH/c1-7-24-15-9-13(8-14(20)17(15)25-11-16(21)23)10-22-19(5,6)12-18(2,3)4;/h8-9,22H,7,10-12H2,1-6H3,(H2,21,23);1H. The Labute approximate surface area is 171 Å². The van der Waals surface area contributed by atoms with Crippen molar-refractivity contribution in [2.75, 3.05) is 13.2 Å². The third kappa shape index (κ3) is 9.10. The van der Waals surface area contributed by atoms with Crippen molar-refractivity contribution in [3.8, 4) is 11.5 Å². The number of benzene rings is 1. The van der Waals surface area contributed by atoms with E-state index in [0.29, 0.717) is 24.7 Å². The van der Waals surface area contributed by atoms with Crippen LogP contribution < -0.4 is 20.5 Å². The lowest BCUT2D eigenvalue weighted by Gasteiger charge is -2.33. The van der Waals surface area contributed by atoms with E-state index >= 15 is 0 Å². The quantitative estimate of drug-likeness (QED) is 0.582. The van der Waals surface area contributed by atoms with Gasteiger partial charge in [-0.3, -0.25) is 4.79 Å². The van der Waals surface area contributed by atoms with Crippen LogP contribution in [0, 0.1) is 5.41 Å². The first kappa shape index (κ1) is 25.0. The van der Waals surface area contributed by atoms with Gasteiger partial charge in [0, 0.05) is 12.1 Å². The Kier molecular flexibility index (Phi) is 9.99. The molecule has 1 aromatic carbocycles. The van der Waals surface area contributed by atoms with Crippen molar-refractivity contribution < 1.29 is 14.3 Å². The van der Waals surface area contributed by atoms with Gasteiger partial charge in [0.05, 0.1) is 11.1 Å². The maximum absolute atomic E-state index is 11.0. The molecule has 1 rings (SSSR count). The minimum Gasteiger partial charge on any atom is -0.490 e. The lowest BCUT2D eigenvalue weighted by Crippen LogP contribution is -2.41. The number of primary amides is 1. The molecule has 3 N–H and O–H groups in total. The highest BCUT2D eigenvalue weighted by molar-refractivity contribution is 9.10. The third-order valence-electron chi connectivity index (χ3n) is 3.47. The van der Waals surface area contributed by atoms with E-state index in [9.17, 15) is 4.79 Å². The molecular formula is C19H32BrClN2O3. The van der Waals surface area contributed by atoms with Gasteiger partial charge in [-0.1, -0.05) is 20.8 Å². The maximum atomic E-state index is 11.0. The summed E-state index contributed by atoms with van der Waals surface area (Å²) in [5.41, 5.74) is 6.49. The van der Waals surface area contributed by atoms with E-state index in [4.69, 9.17) is 15.2 Å². The van der Waals surface area contributed by atoms with Crippen molar-refractivity contribution in [2.45, 2.75) is 60.0 Å². The molecule has 0 unspecified atom stereocenters. The van der Waals surface area contributed by atoms with Gasteiger partial charge in [-0.25, -0.2) is 0 Å². The number of nitrogens with one attached hydrogen (secondary N) is 1. The Balaban J connectivity index is 0.00000625. The minimum absolute atomic E-state index is 0. The molecule has 0 aliphatic heterocycles. The Bertz CT molecular complexity index is 601. The number of rotatable bonds is 9. The van der Waals surface area contributed by atoms with E-state index in [1.165, 1.54) is 0 Å². The average molecular weight is 452 g/mol. The van der Waals surface area contributed by atoms with Gasteiger partial charge in [-0.2, -0.15) is 0 Å². The van der Waals surface area contributed by atoms with E-state index in [1.54, 1.807) is 0 Å². The molecule has 150 valence electrons. The molecule has 0 saturated carbocycles. The predicted octanol–water partition coefficient (Wildman–Crippen LogP) is 4.44. The highest BCUT2D eigenvalue weighted by Gasteiger charge is 2.25. The highest BCUT2D eigenvalue weighted by Crippen LogP contribution is 2.37. The first-order valence-corrected chi connectivity index (χ1v) is 9.34. The summed E-state index contributed by atoms with van der Waals surface area (Å²) < 4.78 is 11.9. The number of carbonyl (C=O) groups is 1. The van der Waals surface area contributed by atoms with Gasteiger partial charge in [-0.15, -0.1) is 12.4 Å². The molecule has 0 heterocycles. The van der Waals surface area contributed by atoms with Gasteiger partial charge in [-0.05, 0) is 66.2 Å². The zero-order chi connectivity index (χ0) is 19.3. The number of carbonyl (C=O) groups excluding carboxylic acids is 1. The van der Waals surface area contributed by atoms with Crippen LogP contribution in [0.25, 0.3) is 0 Å². The molecule has 0 aromatic heterocycles. The summed E-state index contributed by atoms with van der Waals surface area (Å²) in [6.07, 6.45) is 1.05. The summed E-state index contributed by atoms with van der Waals surface area (Å²) in [6, 6.07) is 3.91. The predicted molar refractivity (Wildman–Crippen MR) is 112 cm³/mol. The molecule has 0 spiro atoms. The fourth-order valence-electron chi connectivity index (χ4n) is 3.00. The largest absolute Gasteiger partial charge is 0.490 e. The van der Waals surface area contributed by atoms with Crippen molar-refractivity contribution in [3.05, 3.63) is 22.2 Å². The number of hydrogen-bond donors (Lipinski definition) is 2. The molecule has 0 radical (unpaired) electrons. The van der Waals surface area contributed by atoms with Gasteiger partial charge in [0.25, 0.3) is 5.91 Å². The second kappa shape index (κ2) is 10.4. The first-order chi connectivity index (χ1) is 11.4. The van der Waals surface area contributed by atoms with Crippen LogP contribution in [-0.4, -0.2) is 24.7 Å². The molecule has 1 amide bonds. The maximum Gasteiger partial charge on any atom is 0.255 e. The van der Waals surface area contributed by atoms with Crippen LogP contribution in [0.2, 0.25) is 0 Å². The number of ether oxygens (including phenoxy) is 2. The Hall–Kier alpha value is -0.980. The summed E-state index contributed by atoms with van der Waals surface area (Å²) >= 11 is 3.50. The second-order valence-corrected chi connectivity index (χ2v) is 8.92.